The first-order valence-corrected chi connectivity index (χ1v) is 8.18. The second kappa shape index (κ2) is 9.69. The molecule has 0 aliphatic carbocycles. The molecular formula is C12H14Br2N2O5. The lowest BCUT2D eigenvalue weighted by Gasteiger charge is -1.94. The summed E-state index contributed by atoms with van der Waals surface area (Å²) in [4.78, 5) is 11.0. The maximum Gasteiger partial charge on any atom is 0.360 e. The standard InChI is InChI=1S/C7H8BrNO3.C5H6BrNO2/c1-2-11-7(10)6-3-5(4-8)12-9-6;6-2-5-1-4(3-8)7-9-5/h3H,2,4H2,1H3;1,8H,2-3H2. The minimum Gasteiger partial charge on any atom is -0.461 e. The van der Waals surface area contributed by atoms with Crippen LogP contribution in [0.4, 0.5) is 0 Å². The summed E-state index contributed by atoms with van der Waals surface area (Å²) in [7, 11) is 0. The molecule has 7 nitrogen and oxygen atoms in total. The van der Waals surface area contributed by atoms with Crippen molar-refractivity contribution in [3.05, 3.63) is 35.0 Å². The Bertz CT molecular complexity index is 537. The van der Waals surface area contributed by atoms with E-state index in [0.29, 0.717) is 28.7 Å². The predicted octanol–water partition coefficient (Wildman–Crippen LogP) is 2.81. The fourth-order valence-electron chi connectivity index (χ4n) is 1.17. The Balaban J connectivity index is 0.000000219. The average molecular weight is 426 g/mol. The molecule has 2 aromatic heterocycles. The fourth-order valence-corrected chi connectivity index (χ4v) is 1.70. The number of rotatable bonds is 5. The quantitative estimate of drug-likeness (QED) is 0.580. The number of alkyl halides is 2. The first-order valence-electron chi connectivity index (χ1n) is 5.94. The number of nitrogens with zero attached hydrogens (tertiary/aromatic N) is 2. The number of hydrogen-bond donors (Lipinski definition) is 1. The van der Waals surface area contributed by atoms with Gasteiger partial charge in [-0.25, -0.2) is 4.79 Å². The molecule has 0 fully saturated rings. The molecule has 0 unspecified atom stereocenters. The Morgan fingerprint density at radius 2 is 1.86 bits per heavy atom. The first-order chi connectivity index (χ1) is 10.1. The van der Waals surface area contributed by atoms with Crippen molar-refractivity contribution >= 4 is 37.8 Å². The molecule has 0 atom stereocenters. The van der Waals surface area contributed by atoms with Crippen molar-refractivity contribution in [3.8, 4) is 0 Å². The second-order valence-corrected chi connectivity index (χ2v) is 4.73. The zero-order chi connectivity index (χ0) is 15.7. The molecule has 2 aromatic rings. The van der Waals surface area contributed by atoms with Gasteiger partial charge in [0, 0.05) is 12.1 Å². The van der Waals surface area contributed by atoms with Gasteiger partial charge in [0.15, 0.2) is 5.69 Å². The van der Waals surface area contributed by atoms with Crippen LogP contribution in [0, 0.1) is 0 Å². The van der Waals surface area contributed by atoms with Crippen molar-refractivity contribution < 1.29 is 23.7 Å². The summed E-state index contributed by atoms with van der Waals surface area (Å²) in [5, 5.41) is 16.8. The van der Waals surface area contributed by atoms with E-state index in [9.17, 15) is 4.79 Å². The number of aromatic nitrogens is 2. The molecule has 2 rings (SSSR count). The van der Waals surface area contributed by atoms with Gasteiger partial charge >= 0.3 is 5.97 Å². The SMILES string of the molecule is CCOC(=O)c1cc(CBr)on1.OCc1cc(CBr)on1. The third-order valence-electron chi connectivity index (χ3n) is 2.08. The van der Waals surface area contributed by atoms with Crippen molar-refractivity contribution in [2.75, 3.05) is 6.61 Å². The molecule has 9 heteroatoms. The highest BCUT2D eigenvalue weighted by Gasteiger charge is 2.12. The highest BCUT2D eigenvalue weighted by Crippen LogP contribution is 2.08. The van der Waals surface area contributed by atoms with Crippen LogP contribution >= 0.6 is 31.9 Å². The monoisotopic (exact) mass is 424 g/mol. The number of esters is 1. The number of aliphatic hydroxyl groups is 1. The molecule has 0 radical (unpaired) electrons. The van der Waals surface area contributed by atoms with Crippen LogP contribution in [0.3, 0.4) is 0 Å². The Labute approximate surface area is 137 Å². The molecule has 0 aliphatic rings. The molecular weight excluding hydrogens is 412 g/mol. The first kappa shape index (κ1) is 17.9. The molecule has 1 N–H and O–H groups in total. The van der Waals surface area contributed by atoms with E-state index in [4.69, 9.17) is 18.9 Å². The maximum absolute atomic E-state index is 11.0. The lowest BCUT2D eigenvalue weighted by Crippen LogP contribution is -2.04. The smallest absolute Gasteiger partial charge is 0.360 e. The van der Waals surface area contributed by atoms with Crippen molar-refractivity contribution in [3.63, 3.8) is 0 Å². The van der Waals surface area contributed by atoms with Crippen LogP contribution < -0.4 is 0 Å². The number of carbonyl (C=O) groups excluding carboxylic acids is 1. The van der Waals surface area contributed by atoms with E-state index in [1.54, 1.807) is 19.1 Å². The van der Waals surface area contributed by atoms with Gasteiger partial charge in [0.25, 0.3) is 0 Å². The van der Waals surface area contributed by atoms with Gasteiger partial charge in [0.1, 0.15) is 17.2 Å². The zero-order valence-electron chi connectivity index (χ0n) is 11.2. The predicted molar refractivity (Wildman–Crippen MR) is 80.1 cm³/mol. The molecule has 0 aromatic carbocycles. The molecule has 21 heavy (non-hydrogen) atoms. The largest absolute Gasteiger partial charge is 0.461 e. The van der Waals surface area contributed by atoms with Crippen LogP contribution in [0.5, 0.6) is 0 Å². The normalized spacial score (nSPS) is 9.90. The highest BCUT2D eigenvalue weighted by atomic mass is 79.9. The number of aliphatic hydroxyl groups excluding tert-OH is 1. The molecule has 0 amide bonds. The molecule has 0 saturated heterocycles. The van der Waals surface area contributed by atoms with Crippen LogP contribution in [0.15, 0.2) is 21.2 Å². The van der Waals surface area contributed by atoms with Crippen molar-refractivity contribution in [2.45, 2.75) is 24.2 Å². The molecule has 2 heterocycles. The summed E-state index contributed by atoms with van der Waals surface area (Å²) < 4.78 is 14.2. The van der Waals surface area contributed by atoms with Gasteiger partial charge in [-0.15, -0.1) is 0 Å². The van der Waals surface area contributed by atoms with Gasteiger partial charge in [0.05, 0.1) is 23.9 Å². The Kier molecular flexibility index (Phi) is 8.24. The van der Waals surface area contributed by atoms with Crippen molar-refractivity contribution in [2.24, 2.45) is 0 Å². The number of ether oxygens (including phenoxy) is 1. The Morgan fingerprint density at radius 3 is 2.29 bits per heavy atom. The average Bonchev–Trinajstić information content (AvgIpc) is 3.16. The van der Waals surface area contributed by atoms with Crippen LogP contribution in [0.1, 0.15) is 34.6 Å². The third-order valence-corrected chi connectivity index (χ3v) is 3.18. The zero-order valence-corrected chi connectivity index (χ0v) is 14.4. The number of hydrogen-bond acceptors (Lipinski definition) is 7. The van der Waals surface area contributed by atoms with E-state index >= 15 is 0 Å². The van der Waals surface area contributed by atoms with Crippen molar-refractivity contribution in [1.82, 2.24) is 10.3 Å². The Hall–Kier alpha value is -1.19. The van der Waals surface area contributed by atoms with E-state index in [-0.39, 0.29) is 12.3 Å². The summed E-state index contributed by atoms with van der Waals surface area (Å²) in [5.41, 5.74) is 0.788. The van der Waals surface area contributed by atoms with Gasteiger partial charge in [0.2, 0.25) is 0 Å². The lowest BCUT2D eigenvalue weighted by molar-refractivity contribution is 0.0514. The summed E-state index contributed by atoms with van der Waals surface area (Å²) in [5.74, 6) is 0.894. The number of carbonyl (C=O) groups is 1. The summed E-state index contributed by atoms with van der Waals surface area (Å²) in [6.07, 6.45) is 0. The van der Waals surface area contributed by atoms with E-state index in [2.05, 4.69) is 42.2 Å². The van der Waals surface area contributed by atoms with E-state index < -0.39 is 5.97 Å². The maximum atomic E-state index is 11.0. The van der Waals surface area contributed by atoms with E-state index in [1.807, 2.05) is 0 Å². The van der Waals surface area contributed by atoms with Crippen molar-refractivity contribution in [1.29, 1.82) is 0 Å². The fraction of sp³-hybridized carbons (Fsp3) is 0.417. The van der Waals surface area contributed by atoms with Gasteiger partial charge in [-0.05, 0) is 6.92 Å². The van der Waals surface area contributed by atoms with E-state index in [0.717, 1.165) is 5.76 Å². The van der Waals surface area contributed by atoms with Gasteiger partial charge < -0.3 is 18.9 Å². The minimum absolute atomic E-state index is 0.0590. The molecule has 0 aliphatic heterocycles. The minimum atomic E-state index is -0.451. The van der Waals surface area contributed by atoms with Gasteiger partial charge in [-0.2, -0.15) is 0 Å². The molecule has 0 saturated carbocycles. The highest BCUT2D eigenvalue weighted by molar-refractivity contribution is 9.08. The topological polar surface area (TPSA) is 98.6 Å². The molecule has 0 bridgehead atoms. The molecule has 0 spiro atoms. The number of halogens is 2. The van der Waals surface area contributed by atoms with Crippen LogP contribution in [0.25, 0.3) is 0 Å². The Morgan fingerprint density at radius 1 is 1.24 bits per heavy atom. The molecule has 116 valence electrons. The lowest BCUT2D eigenvalue weighted by atomic mass is 10.4. The second-order valence-electron chi connectivity index (χ2n) is 3.61. The van der Waals surface area contributed by atoms with Crippen LogP contribution in [-0.4, -0.2) is 28.0 Å². The summed E-state index contributed by atoms with van der Waals surface area (Å²) >= 11 is 6.36. The van der Waals surface area contributed by atoms with Crippen LogP contribution in [-0.2, 0) is 22.0 Å². The van der Waals surface area contributed by atoms with Crippen LogP contribution in [0.2, 0.25) is 0 Å². The third kappa shape index (κ3) is 5.98. The van der Waals surface area contributed by atoms with Gasteiger partial charge in [-0.1, -0.05) is 42.2 Å². The summed E-state index contributed by atoms with van der Waals surface area (Å²) in [6, 6.07) is 3.25. The van der Waals surface area contributed by atoms with Gasteiger partial charge in [-0.3, -0.25) is 0 Å². The van der Waals surface area contributed by atoms with E-state index in [1.165, 1.54) is 0 Å². The summed E-state index contributed by atoms with van der Waals surface area (Å²) in [6.45, 7) is 2.02.